The smallest absolute Gasteiger partial charge is 0.246 e. The molecule has 2 amide bonds. The fourth-order valence-electron chi connectivity index (χ4n) is 1.45. The molecule has 18 heavy (non-hydrogen) atoms. The molecule has 0 spiro atoms. The molecular weight excluding hydrogens is 228 g/mol. The van der Waals surface area contributed by atoms with Gasteiger partial charge in [-0.3, -0.25) is 9.59 Å². The largest absolute Gasteiger partial charge is 0.348 e. The Morgan fingerprint density at radius 1 is 1.11 bits per heavy atom. The first-order valence-corrected chi connectivity index (χ1v) is 6.07. The van der Waals surface area contributed by atoms with E-state index in [0.29, 0.717) is 6.54 Å². The third-order valence-corrected chi connectivity index (χ3v) is 2.14. The molecule has 1 atom stereocenters. The lowest BCUT2D eigenvalue weighted by Gasteiger charge is -2.21. The number of nitrogens with one attached hydrogen (secondary N) is 1. The zero-order valence-corrected chi connectivity index (χ0v) is 12.2. The van der Waals surface area contributed by atoms with Crippen molar-refractivity contribution in [2.45, 2.75) is 40.7 Å². The van der Waals surface area contributed by atoms with Crippen LogP contribution in [0.5, 0.6) is 0 Å². The van der Waals surface area contributed by atoms with Crippen LogP contribution in [0.2, 0.25) is 0 Å². The van der Waals surface area contributed by atoms with Gasteiger partial charge in [0, 0.05) is 31.8 Å². The van der Waals surface area contributed by atoms with Gasteiger partial charge in [0.1, 0.15) is 0 Å². The van der Waals surface area contributed by atoms with Gasteiger partial charge in [0.15, 0.2) is 0 Å². The second-order valence-corrected chi connectivity index (χ2v) is 5.07. The van der Waals surface area contributed by atoms with Crippen LogP contribution in [-0.4, -0.2) is 36.3 Å². The zero-order valence-electron chi connectivity index (χ0n) is 12.2. The summed E-state index contributed by atoms with van der Waals surface area (Å²) in [6.07, 6.45) is 3.14. The lowest BCUT2D eigenvalue weighted by Crippen LogP contribution is -2.41. The molecule has 0 fully saturated rings. The molecule has 0 radical (unpaired) electrons. The topological polar surface area (TPSA) is 49.4 Å². The third-order valence-electron chi connectivity index (χ3n) is 2.14. The quantitative estimate of drug-likeness (QED) is 0.760. The highest BCUT2D eigenvalue weighted by molar-refractivity contribution is 5.89. The molecule has 0 aliphatic rings. The molecule has 0 heterocycles. The maximum Gasteiger partial charge on any atom is 0.246 e. The first-order chi connectivity index (χ1) is 8.22. The van der Waals surface area contributed by atoms with Crippen molar-refractivity contribution in [1.29, 1.82) is 0 Å². The summed E-state index contributed by atoms with van der Waals surface area (Å²) in [6, 6.07) is -0.0763. The van der Waals surface area contributed by atoms with Gasteiger partial charge in [0.25, 0.3) is 0 Å². The van der Waals surface area contributed by atoms with E-state index in [-0.39, 0.29) is 17.9 Å². The number of rotatable bonds is 5. The Morgan fingerprint density at radius 3 is 2.06 bits per heavy atom. The number of allylic oxidation sites excluding steroid dienone is 2. The lowest BCUT2D eigenvalue weighted by atomic mass is 10.2. The molecule has 102 valence electrons. The Kier molecular flexibility index (Phi) is 7.01. The Morgan fingerprint density at radius 2 is 1.61 bits per heavy atom. The van der Waals surface area contributed by atoms with Gasteiger partial charge in [-0.05, 0) is 34.6 Å². The summed E-state index contributed by atoms with van der Waals surface area (Å²) in [7, 11) is 1.73. The predicted octanol–water partition coefficient (Wildman–Crippen LogP) is 1.88. The Labute approximate surface area is 110 Å². The van der Waals surface area contributed by atoms with Crippen molar-refractivity contribution in [3.63, 3.8) is 0 Å². The SMILES string of the molecule is CC(C)=CC(=O)NC(C)CN(C)C(=O)C=C(C)C. The van der Waals surface area contributed by atoms with Crippen LogP contribution in [0, 0.1) is 0 Å². The molecule has 4 heteroatoms. The lowest BCUT2D eigenvalue weighted by molar-refractivity contribution is -0.126. The molecule has 0 rings (SSSR count). The van der Waals surface area contributed by atoms with Gasteiger partial charge in [0.2, 0.25) is 11.8 Å². The molecule has 0 aromatic heterocycles. The van der Waals surface area contributed by atoms with Gasteiger partial charge in [-0.15, -0.1) is 0 Å². The molecule has 0 aromatic carbocycles. The van der Waals surface area contributed by atoms with Crippen molar-refractivity contribution in [2.75, 3.05) is 13.6 Å². The first kappa shape index (κ1) is 16.4. The van der Waals surface area contributed by atoms with Crippen molar-refractivity contribution in [3.05, 3.63) is 23.3 Å². The number of hydrogen-bond acceptors (Lipinski definition) is 2. The maximum absolute atomic E-state index is 11.7. The van der Waals surface area contributed by atoms with E-state index in [2.05, 4.69) is 5.32 Å². The van der Waals surface area contributed by atoms with E-state index < -0.39 is 0 Å². The van der Waals surface area contributed by atoms with Gasteiger partial charge in [0.05, 0.1) is 0 Å². The van der Waals surface area contributed by atoms with E-state index in [1.807, 2.05) is 34.6 Å². The van der Waals surface area contributed by atoms with E-state index >= 15 is 0 Å². The summed E-state index contributed by atoms with van der Waals surface area (Å²) in [4.78, 5) is 24.8. The van der Waals surface area contributed by atoms with Crippen LogP contribution < -0.4 is 5.32 Å². The minimum absolute atomic E-state index is 0.0432. The summed E-state index contributed by atoms with van der Waals surface area (Å²) >= 11 is 0. The van der Waals surface area contributed by atoms with Crippen molar-refractivity contribution in [1.82, 2.24) is 10.2 Å². The fourth-order valence-corrected chi connectivity index (χ4v) is 1.45. The van der Waals surface area contributed by atoms with Gasteiger partial charge in [-0.1, -0.05) is 11.1 Å². The molecule has 4 nitrogen and oxygen atoms in total. The molecule has 1 unspecified atom stereocenters. The van der Waals surface area contributed by atoms with E-state index in [4.69, 9.17) is 0 Å². The molecule has 0 aliphatic heterocycles. The van der Waals surface area contributed by atoms with Crippen LogP contribution in [0.4, 0.5) is 0 Å². The average Bonchev–Trinajstić information content (AvgIpc) is 2.13. The van der Waals surface area contributed by atoms with E-state index in [0.717, 1.165) is 11.1 Å². The molecule has 0 saturated heterocycles. The Bertz CT molecular complexity index is 362. The van der Waals surface area contributed by atoms with Crippen molar-refractivity contribution < 1.29 is 9.59 Å². The van der Waals surface area contributed by atoms with Crippen LogP contribution >= 0.6 is 0 Å². The molecule has 0 aliphatic carbocycles. The summed E-state index contributed by atoms with van der Waals surface area (Å²) in [5.41, 5.74) is 1.92. The second-order valence-electron chi connectivity index (χ2n) is 5.07. The highest BCUT2D eigenvalue weighted by Crippen LogP contribution is 1.96. The summed E-state index contributed by atoms with van der Waals surface area (Å²) in [5.74, 6) is -0.163. The fraction of sp³-hybridized carbons (Fsp3) is 0.571. The van der Waals surface area contributed by atoms with Crippen LogP contribution in [0.15, 0.2) is 23.3 Å². The van der Waals surface area contributed by atoms with Crippen LogP contribution in [0.25, 0.3) is 0 Å². The molecule has 1 N–H and O–H groups in total. The monoisotopic (exact) mass is 252 g/mol. The highest BCUT2D eigenvalue weighted by Gasteiger charge is 2.11. The van der Waals surface area contributed by atoms with E-state index in [9.17, 15) is 9.59 Å². The predicted molar refractivity (Wildman–Crippen MR) is 74.1 cm³/mol. The number of hydrogen-bond donors (Lipinski definition) is 1. The number of carbonyl (C=O) groups excluding carboxylic acids is 2. The van der Waals surface area contributed by atoms with Crippen molar-refractivity contribution >= 4 is 11.8 Å². The number of carbonyl (C=O) groups is 2. The maximum atomic E-state index is 11.7. The first-order valence-electron chi connectivity index (χ1n) is 6.07. The Balaban J connectivity index is 4.28. The number of likely N-dealkylation sites (N-methyl/N-ethyl adjacent to an activating group) is 1. The van der Waals surface area contributed by atoms with Crippen molar-refractivity contribution in [2.24, 2.45) is 0 Å². The van der Waals surface area contributed by atoms with Gasteiger partial charge in [-0.2, -0.15) is 0 Å². The van der Waals surface area contributed by atoms with Crippen LogP contribution in [0.1, 0.15) is 34.6 Å². The summed E-state index contributed by atoms with van der Waals surface area (Å²) < 4.78 is 0. The summed E-state index contributed by atoms with van der Waals surface area (Å²) in [5, 5.41) is 2.82. The van der Waals surface area contributed by atoms with E-state index in [1.165, 1.54) is 0 Å². The summed E-state index contributed by atoms with van der Waals surface area (Å²) in [6.45, 7) is 9.87. The zero-order chi connectivity index (χ0) is 14.3. The number of amides is 2. The molecule has 0 saturated carbocycles. The highest BCUT2D eigenvalue weighted by atomic mass is 16.2. The molecule has 0 bridgehead atoms. The number of nitrogens with zero attached hydrogens (tertiary/aromatic N) is 1. The van der Waals surface area contributed by atoms with Crippen LogP contribution in [0.3, 0.4) is 0 Å². The minimum Gasteiger partial charge on any atom is -0.348 e. The average molecular weight is 252 g/mol. The van der Waals surface area contributed by atoms with Crippen molar-refractivity contribution in [3.8, 4) is 0 Å². The van der Waals surface area contributed by atoms with Gasteiger partial charge < -0.3 is 10.2 Å². The third kappa shape index (κ3) is 7.65. The Hall–Kier alpha value is -1.58. The molecular formula is C14H24N2O2. The van der Waals surface area contributed by atoms with E-state index in [1.54, 1.807) is 24.1 Å². The van der Waals surface area contributed by atoms with Crippen LogP contribution in [-0.2, 0) is 9.59 Å². The standard InChI is InChI=1S/C14H24N2O2/c1-10(2)7-13(17)15-12(5)9-16(6)14(18)8-11(3)4/h7-8,12H,9H2,1-6H3,(H,15,17). The van der Waals surface area contributed by atoms with Gasteiger partial charge in [-0.25, -0.2) is 0 Å². The normalized spacial score (nSPS) is 11.2. The second kappa shape index (κ2) is 7.69. The van der Waals surface area contributed by atoms with Gasteiger partial charge >= 0.3 is 0 Å². The minimum atomic E-state index is -0.120. The molecule has 0 aromatic rings.